The van der Waals surface area contributed by atoms with Crippen LogP contribution in [0, 0.1) is 12.7 Å². The summed E-state index contributed by atoms with van der Waals surface area (Å²) in [5.41, 5.74) is 8.39. The summed E-state index contributed by atoms with van der Waals surface area (Å²) in [4.78, 5) is 24.7. The van der Waals surface area contributed by atoms with Crippen molar-refractivity contribution < 1.29 is 14.0 Å². The monoisotopic (exact) mass is 409 g/mol. The van der Waals surface area contributed by atoms with Crippen LogP contribution in [0.4, 0.5) is 10.1 Å². The second-order valence-electron chi connectivity index (χ2n) is 7.21. The molecule has 0 unspecified atom stereocenters. The molecule has 156 valence electrons. The standard InChI is InChI=1S/C22H24FN5O2/c1-14(2)21-19(12-25-28(21)18-10-6-16(23)7-11-18)22(30)27-26-20(29)13-24-17-8-4-15(3)5-9-17/h4-12,14,24H,13H2,1-3H3,(H,26,29)(H,27,30). The third-order valence-corrected chi connectivity index (χ3v) is 4.49. The highest BCUT2D eigenvalue weighted by molar-refractivity contribution is 5.96. The molecule has 0 aliphatic heterocycles. The van der Waals surface area contributed by atoms with Gasteiger partial charge in [-0.3, -0.25) is 20.4 Å². The highest BCUT2D eigenvalue weighted by Crippen LogP contribution is 2.23. The first-order valence-corrected chi connectivity index (χ1v) is 9.58. The molecule has 0 aliphatic carbocycles. The van der Waals surface area contributed by atoms with Crippen LogP contribution >= 0.6 is 0 Å². The molecule has 2 aromatic carbocycles. The fraction of sp³-hybridized carbons (Fsp3) is 0.227. The lowest BCUT2D eigenvalue weighted by Crippen LogP contribution is -2.44. The van der Waals surface area contributed by atoms with Gasteiger partial charge in [0.05, 0.1) is 29.7 Å². The maximum Gasteiger partial charge on any atom is 0.273 e. The van der Waals surface area contributed by atoms with Gasteiger partial charge in [0.2, 0.25) is 0 Å². The second kappa shape index (κ2) is 9.21. The van der Waals surface area contributed by atoms with E-state index in [2.05, 4.69) is 21.3 Å². The van der Waals surface area contributed by atoms with E-state index >= 15 is 0 Å². The van der Waals surface area contributed by atoms with Crippen molar-refractivity contribution in [1.82, 2.24) is 20.6 Å². The highest BCUT2D eigenvalue weighted by Gasteiger charge is 2.21. The van der Waals surface area contributed by atoms with Crippen LogP contribution in [-0.2, 0) is 4.79 Å². The molecule has 1 heterocycles. The van der Waals surface area contributed by atoms with Gasteiger partial charge in [0.25, 0.3) is 11.8 Å². The number of nitrogens with zero attached hydrogens (tertiary/aromatic N) is 2. The highest BCUT2D eigenvalue weighted by atomic mass is 19.1. The fourth-order valence-corrected chi connectivity index (χ4v) is 2.97. The van der Waals surface area contributed by atoms with Crippen molar-refractivity contribution in [2.45, 2.75) is 26.7 Å². The number of hydrogen-bond donors (Lipinski definition) is 3. The van der Waals surface area contributed by atoms with Gasteiger partial charge in [-0.25, -0.2) is 9.07 Å². The van der Waals surface area contributed by atoms with Gasteiger partial charge < -0.3 is 5.32 Å². The van der Waals surface area contributed by atoms with E-state index in [1.54, 1.807) is 16.8 Å². The van der Waals surface area contributed by atoms with Crippen molar-refractivity contribution >= 4 is 17.5 Å². The number of aryl methyl sites for hydroxylation is 1. The summed E-state index contributed by atoms with van der Waals surface area (Å²) in [6.07, 6.45) is 1.44. The van der Waals surface area contributed by atoms with E-state index in [0.717, 1.165) is 11.3 Å². The van der Waals surface area contributed by atoms with Gasteiger partial charge in [-0.05, 0) is 49.2 Å². The molecule has 0 atom stereocenters. The van der Waals surface area contributed by atoms with Gasteiger partial charge in [-0.2, -0.15) is 5.10 Å². The number of aromatic nitrogens is 2. The number of halogens is 1. The maximum atomic E-state index is 13.2. The third-order valence-electron chi connectivity index (χ3n) is 4.49. The molecule has 7 nitrogen and oxygen atoms in total. The van der Waals surface area contributed by atoms with E-state index in [0.29, 0.717) is 16.9 Å². The predicted molar refractivity (Wildman–Crippen MR) is 113 cm³/mol. The number of amides is 2. The van der Waals surface area contributed by atoms with Crippen molar-refractivity contribution in [1.29, 1.82) is 0 Å². The van der Waals surface area contributed by atoms with Crippen LogP contribution < -0.4 is 16.2 Å². The van der Waals surface area contributed by atoms with Crippen molar-refractivity contribution in [2.24, 2.45) is 0 Å². The van der Waals surface area contributed by atoms with E-state index in [1.807, 2.05) is 45.0 Å². The van der Waals surface area contributed by atoms with E-state index in [1.165, 1.54) is 18.3 Å². The second-order valence-corrected chi connectivity index (χ2v) is 7.21. The Kier molecular flexibility index (Phi) is 6.46. The lowest BCUT2D eigenvalue weighted by Gasteiger charge is -2.13. The van der Waals surface area contributed by atoms with E-state index in [4.69, 9.17) is 0 Å². The van der Waals surface area contributed by atoms with Gasteiger partial charge in [0, 0.05) is 5.69 Å². The Morgan fingerprint density at radius 1 is 1.03 bits per heavy atom. The molecule has 1 aromatic heterocycles. The van der Waals surface area contributed by atoms with Crippen LogP contribution in [0.5, 0.6) is 0 Å². The molecule has 3 aromatic rings. The summed E-state index contributed by atoms with van der Waals surface area (Å²) in [7, 11) is 0. The molecule has 0 saturated heterocycles. The molecular formula is C22H24FN5O2. The Morgan fingerprint density at radius 3 is 2.33 bits per heavy atom. The Labute approximate surface area is 174 Å². The Bertz CT molecular complexity index is 1030. The summed E-state index contributed by atoms with van der Waals surface area (Å²) in [6.45, 7) is 5.85. The molecule has 0 radical (unpaired) electrons. The Balaban J connectivity index is 1.64. The van der Waals surface area contributed by atoms with Crippen molar-refractivity contribution in [3.05, 3.63) is 77.4 Å². The Morgan fingerprint density at radius 2 is 1.70 bits per heavy atom. The fourth-order valence-electron chi connectivity index (χ4n) is 2.97. The molecule has 8 heteroatoms. The maximum absolute atomic E-state index is 13.2. The van der Waals surface area contributed by atoms with E-state index in [9.17, 15) is 14.0 Å². The minimum Gasteiger partial charge on any atom is -0.376 e. The first-order valence-electron chi connectivity index (χ1n) is 9.58. The molecule has 30 heavy (non-hydrogen) atoms. The summed E-state index contributed by atoms with van der Waals surface area (Å²) >= 11 is 0. The van der Waals surface area contributed by atoms with Crippen molar-refractivity contribution in [3.63, 3.8) is 0 Å². The average molecular weight is 409 g/mol. The third kappa shape index (κ3) is 5.02. The van der Waals surface area contributed by atoms with Crippen molar-refractivity contribution in [2.75, 3.05) is 11.9 Å². The van der Waals surface area contributed by atoms with Gasteiger partial charge >= 0.3 is 0 Å². The van der Waals surface area contributed by atoms with Gasteiger partial charge in [-0.15, -0.1) is 0 Å². The smallest absolute Gasteiger partial charge is 0.273 e. The molecule has 0 saturated carbocycles. The Hall–Kier alpha value is -3.68. The molecule has 2 amide bonds. The van der Waals surface area contributed by atoms with Crippen LogP contribution in [-0.4, -0.2) is 28.1 Å². The first kappa shape index (κ1) is 21.0. The molecule has 0 aliphatic rings. The van der Waals surface area contributed by atoms with Crippen LogP contribution in [0.15, 0.2) is 54.7 Å². The number of hydrogen-bond acceptors (Lipinski definition) is 4. The van der Waals surface area contributed by atoms with Crippen LogP contribution in [0.3, 0.4) is 0 Å². The summed E-state index contributed by atoms with van der Waals surface area (Å²) in [5, 5.41) is 7.26. The number of carbonyl (C=O) groups excluding carboxylic acids is 2. The predicted octanol–water partition coefficient (Wildman–Crippen LogP) is 3.32. The van der Waals surface area contributed by atoms with Crippen LogP contribution in [0.25, 0.3) is 5.69 Å². The average Bonchev–Trinajstić information content (AvgIpc) is 3.17. The minimum absolute atomic E-state index is 0.00915. The zero-order chi connectivity index (χ0) is 21.7. The number of rotatable bonds is 6. The van der Waals surface area contributed by atoms with E-state index < -0.39 is 5.91 Å². The lowest BCUT2D eigenvalue weighted by atomic mass is 10.1. The zero-order valence-electron chi connectivity index (χ0n) is 17.1. The molecular weight excluding hydrogens is 385 g/mol. The van der Waals surface area contributed by atoms with Gasteiger partial charge in [0.15, 0.2) is 0 Å². The molecule has 3 rings (SSSR count). The number of hydrazine groups is 1. The van der Waals surface area contributed by atoms with Gasteiger partial charge in [0.1, 0.15) is 5.82 Å². The molecule has 0 bridgehead atoms. The SMILES string of the molecule is Cc1ccc(NCC(=O)NNC(=O)c2cnn(-c3ccc(F)cc3)c2C(C)C)cc1. The quantitative estimate of drug-likeness (QED) is 0.545. The first-order chi connectivity index (χ1) is 14.3. The summed E-state index contributed by atoms with van der Waals surface area (Å²) in [6, 6.07) is 13.5. The zero-order valence-corrected chi connectivity index (χ0v) is 17.1. The number of nitrogens with one attached hydrogen (secondary N) is 3. The summed E-state index contributed by atoms with van der Waals surface area (Å²) < 4.78 is 14.8. The molecule has 0 fully saturated rings. The lowest BCUT2D eigenvalue weighted by molar-refractivity contribution is -0.120. The summed E-state index contributed by atoms with van der Waals surface area (Å²) in [5.74, 6) is -1.24. The topological polar surface area (TPSA) is 88.1 Å². The largest absolute Gasteiger partial charge is 0.376 e. The van der Waals surface area contributed by atoms with Crippen molar-refractivity contribution in [3.8, 4) is 5.69 Å². The molecule has 3 N–H and O–H groups in total. The number of benzene rings is 2. The van der Waals surface area contributed by atoms with Crippen LogP contribution in [0.2, 0.25) is 0 Å². The van der Waals surface area contributed by atoms with Crippen LogP contribution in [0.1, 0.15) is 41.4 Å². The number of carbonyl (C=O) groups is 2. The molecule has 0 spiro atoms. The normalized spacial score (nSPS) is 10.7. The van der Waals surface area contributed by atoms with E-state index in [-0.39, 0.29) is 24.2 Å². The number of anilines is 1. The van der Waals surface area contributed by atoms with Gasteiger partial charge in [-0.1, -0.05) is 31.5 Å². The minimum atomic E-state index is -0.476.